The van der Waals surface area contributed by atoms with Crippen LogP contribution in [0.5, 0.6) is 5.75 Å². The van der Waals surface area contributed by atoms with Crippen LogP contribution in [0, 0.1) is 6.92 Å². The quantitative estimate of drug-likeness (QED) is 0.440. The van der Waals surface area contributed by atoms with E-state index in [0.29, 0.717) is 13.2 Å². The Morgan fingerprint density at radius 2 is 1.73 bits per heavy atom. The Hall–Kier alpha value is -3.21. The molecule has 1 aliphatic rings. The van der Waals surface area contributed by atoms with Crippen molar-refractivity contribution in [3.63, 3.8) is 0 Å². The van der Waals surface area contributed by atoms with Gasteiger partial charge in [-0.1, -0.05) is 6.07 Å². The number of hydrogen-bond donors (Lipinski definition) is 0. The Morgan fingerprint density at radius 3 is 2.43 bits per heavy atom. The predicted molar refractivity (Wildman–Crippen MR) is 117 cm³/mol. The molecule has 0 bridgehead atoms. The maximum absolute atomic E-state index is 12.7. The van der Waals surface area contributed by atoms with Crippen molar-refractivity contribution in [3.8, 4) is 5.75 Å². The summed E-state index contributed by atoms with van der Waals surface area (Å²) >= 11 is 0. The normalized spacial score (nSPS) is 13.8. The third kappa shape index (κ3) is 5.23. The van der Waals surface area contributed by atoms with E-state index in [2.05, 4.69) is 22.0 Å². The first-order valence-electron chi connectivity index (χ1n) is 10.6. The number of aromatic nitrogens is 2. The first-order chi connectivity index (χ1) is 14.7. The molecule has 0 aliphatic carbocycles. The van der Waals surface area contributed by atoms with Crippen molar-refractivity contribution in [3.05, 3.63) is 83.9 Å². The van der Waals surface area contributed by atoms with E-state index in [1.807, 2.05) is 66.3 Å². The lowest BCUT2D eigenvalue weighted by molar-refractivity contribution is -0.683. The SMILES string of the molecule is Cc1cccc(COc2cc[n+](CC(=O)c3ccc(N4CCCCC4)cc3)cc2)n1. The summed E-state index contributed by atoms with van der Waals surface area (Å²) in [5.74, 6) is 0.857. The molecule has 0 amide bonds. The van der Waals surface area contributed by atoms with Crippen LogP contribution in [-0.2, 0) is 13.2 Å². The van der Waals surface area contributed by atoms with Crippen LogP contribution in [-0.4, -0.2) is 23.9 Å². The maximum Gasteiger partial charge on any atom is 0.227 e. The molecular weight excluding hydrogens is 374 g/mol. The van der Waals surface area contributed by atoms with Gasteiger partial charge in [0, 0.05) is 42.2 Å². The number of piperidine rings is 1. The van der Waals surface area contributed by atoms with Gasteiger partial charge in [0.15, 0.2) is 12.4 Å². The van der Waals surface area contributed by atoms with Gasteiger partial charge in [-0.15, -0.1) is 0 Å². The molecule has 1 aliphatic heterocycles. The molecule has 0 spiro atoms. The largest absolute Gasteiger partial charge is 0.487 e. The van der Waals surface area contributed by atoms with Crippen molar-refractivity contribution in [2.45, 2.75) is 39.3 Å². The van der Waals surface area contributed by atoms with E-state index in [-0.39, 0.29) is 5.78 Å². The van der Waals surface area contributed by atoms with Gasteiger partial charge < -0.3 is 9.64 Å². The average Bonchev–Trinajstić information content (AvgIpc) is 2.79. The molecule has 30 heavy (non-hydrogen) atoms. The van der Waals surface area contributed by atoms with E-state index in [9.17, 15) is 4.79 Å². The number of carbonyl (C=O) groups excluding carboxylic acids is 1. The lowest BCUT2D eigenvalue weighted by Crippen LogP contribution is -2.37. The number of benzene rings is 1. The van der Waals surface area contributed by atoms with E-state index >= 15 is 0 Å². The maximum atomic E-state index is 12.7. The Kier molecular flexibility index (Phi) is 6.38. The molecule has 0 unspecified atom stereocenters. The second kappa shape index (κ2) is 9.53. The van der Waals surface area contributed by atoms with Crippen molar-refractivity contribution in [2.75, 3.05) is 18.0 Å². The van der Waals surface area contributed by atoms with Crippen LogP contribution in [0.15, 0.2) is 67.0 Å². The summed E-state index contributed by atoms with van der Waals surface area (Å²) in [4.78, 5) is 19.5. The monoisotopic (exact) mass is 402 g/mol. The number of ether oxygens (including phenoxy) is 1. The molecule has 1 fully saturated rings. The van der Waals surface area contributed by atoms with Gasteiger partial charge in [-0.25, -0.2) is 0 Å². The lowest BCUT2D eigenvalue weighted by atomic mass is 10.1. The second-order valence-corrected chi connectivity index (χ2v) is 7.78. The average molecular weight is 403 g/mol. The predicted octanol–water partition coefficient (Wildman–Crippen LogP) is 4.13. The molecule has 0 N–H and O–H groups in total. The summed E-state index contributed by atoms with van der Waals surface area (Å²) < 4.78 is 7.67. The third-order valence-corrected chi connectivity index (χ3v) is 5.43. The smallest absolute Gasteiger partial charge is 0.227 e. The Morgan fingerprint density at radius 1 is 1.00 bits per heavy atom. The summed E-state index contributed by atoms with van der Waals surface area (Å²) in [6, 6.07) is 17.7. The molecule has 3 heterocycles. The Labute approximate surface area is 178 Å². The highest BCUT2D eigenvalue weighted by atomic mass is 16.5. The van der Waals surface area contributed by atoms with Crippen LogP contribution >= 0.6 is 0 Å². The highest BCUT2D eigenvalue weighted by Crippen LogP contribution is 2.20. The lowest BCUT2D eigenvalue weighted by Gasteiger charge is -2.28. The summed E-state index contributed by atoms with van der Waals surface area (Å²) in [5.41, 5.74) is 3.83. The minimum absolute atomic E-state index is 0.0998. The zero-order valence-corrected chi connectivity index (χ0v) is 17.5. The fraction of sp³-hybridized carbons (Fsp3) is 0.320. The van der Waals surface area contributed by atoms with Gasteiger partial charge >= 0.3 is 0 Å². The van der Waals surface area contributed by atoms with Crippen LogP contribution in [0.3, 0.4) is 0 Å². The van der Waals surface area contributed by atoms with Crippen molar-refractivity contribution >= 4 is 11.5 Å². The molecular formula is C25H28N3O2+. The zero-order chi connectivity index (χ0) is 20.8. The van der Waals surface area contributed by atoms with Gasteiger partial charge in [-0.2, -0.15) is 4.57 Å². The van der Waals surface area contributed by atoms with Crippen molar-refractivity contribution < 1.29 is 14.1 Å². The minimum atomic E-state index is 0.0998. The fourth-order valence-electron chi connectivity index (χ4n) is 3.75. The number of rotatable bonds is 7. The zero-order valence-electron chi connectivity index (χ0n) is 17.5. The Balaban J connectivity index is 1.32. The number of carbonyl (C=O) groups is 1. The van der Waals surface area contributed by atoms with Gasteiger partial charge in [0.25, 0.3) is 0 Å². The molecule has 2 aromatic heterocycles. The van der Waals surface area contributed by atoms with Gasteiger partial charge in [-0.05, 0) is 62.6 Å². The number of nitrogens with zero attached hydrogens (tertiary/aromatic N) is 3. The second-order valence-electron chi connectivity index (χ2n) is 7.78. The highest BCUT2D eigenvalue weighted by molar-refractivity contribution is 5.95. The van der Waals surface area contributed by atoms with Crippen LogP contribution in [0.2, 0.25) is 0 Å². The molecule has 1 aromatic carbocycles. The topological polar surface area (TPSA) is 46.3 Å². The Bertz CT molecular complexity index is 978. The molecule has 154 valence electrons. The van der Waals surface area contributed by atoms with Crippen LogP contribution in [0.4, 0.5) is 5.69 Å². The number of pyridine rings is 2. The first kappa shape index (κ1) is 20.1. The number of ketones is 1. The summed E-state index contributed by atoms with van der Waals surface area (Å²) in [6.45, 7) is 4.92. The number of hydrogen-bond acceptors (Lipinski definition) is 4. The van der Waals surface area contributed by atoms with Gasteiger partial charge in [0.05, 0.1) is 5.69 Å². The van der Waals surface area contributed by atoms with Crippen molar-refractivity contribution in [1.29, 1.82) is 0 Å². The summed E-state index contributed by atoms with van der Waals surface area (Å²) in [6.07, 6.45) is 7.56. The third-order valence-electron chi connectivity index (χ3n) is 5.43. The van der Waals surface area contributed by atoms with E-state index < -0.39 is 0 Å². The van der Waals surface area contributed by atoms with E-state index in [1.165, 1.54) is 24.9 Å². The van der Waals surface area contributed by atoms with Crippen LogP contribution in [0.25, 0.3) is 0 Å². The summed E-state index contributed by atoms with van der Waals surface area (Å²) in [7, 11) is 0. The van der Waals surface area contributed by atoms with Gasteiger partial charge in [-0.3, -0.25) is 9.78 Å². The molecule has 1 saturated heterocycles. The molecule has 4 rings (SSSR count). The van der Waals surface area contributed by atoms with E-state index in [0.717, 1.165) is 35.8 Å². The number of Topliss-reactive ketones (excluding diaryl/α,β-unsaturated/α-hetero) is 1. The number of anilines is 1. The molecule has 0 atom stereocenters. The van der Waals surface area contributed by atoms with Gasteiger partial charge in [0.2, 0.25) is 12.3 Å². The fourth-order valence-corrected chi connectivity index (χ4v) is 3.75. The molecule has 5 heteroatoms. The standard InChI is InChI=1S/C25H28N3O2/c1-20-6-5-7-22(26-20)19-30-24-12-16-27(17-13-24)18-25(29)21-8-10-23(11-9-21)28-14-3-2-4-15-28/h5-13,16-17H,2-4,14-15,18-19H2,1H3/q+1. The van der Waals surface area contributed by atoms with E-state index in [4.69, 9.17) is 4.74 Å². The van der Waals surface area contributed by atoms with E-state index in [1.54, 1.807) is 0 Å². The van der Waals surface area contributed by atoms with Crippen LogP contribution < -0.4 is 14.2 Å². The van der Waals surface area contributed by atoms with Gasteiger partial charge in [0.1, 0.15) is 12.4 Å². The number of aryl methyl sites for hydroxylation is 1. The first-order valence-corrected chi connectivity index (χ1v) is 10.6. The minimum Gasteiger partial charge on any atom is -0.487 e. The highest BCUT2D eigenvalue weighted by Gasteiger charge is 2.15. The molecule has 0 saturated carbocycles. The molecule has 5 nitrogen and oxygen atoms in total. The van der Waals surface area contributed by atoms with Crippen molar-refractivity contribution in [2.24, 2.45) is 0 Å². The summed E-state index contributed by atoms with van der Waals surface area (Å²) in [5, 5.41) is 0. The van der Waals surface area contributed by atoms with Crippen LogP contribution in [0.1, 0.15) is 41.0 Å². The molecule has 3 aromatic rings. The van der Waals surface area contributed by atoms with Crippen molar-refractivity contribution in [1.82, 2.24) is 4.98 Å². The molecule has 0 radical (unpaired) electrons.